The van der Waals surface area contributed by atoms with Crippen molar-refractivity contribution in [1.29, 1.82) is 5.26 Å². The summed E-state index contributed by atoms with van der Waals surface area (Å²) in [5, 5.41) is 4.32. The molecule has 1 nitrogen and oxygen atoms in total. The molecular formula is C4H2ClF2N. The van der Waals surface area contributed by atoms with Crippen LogP contribution < -0.4 is 0 Å². The molecule has 0 aliphatic rings. The predicted octanol–water partition coefficient (Wildman–Crippen LogP) is 1.90. The SMILES string of the molecule is N#CC=CC(F)(F)Cl. The lowest BCUT2D eigenvalue weighted by atomic mass is 10.5. The van der Waals surface area contributed by atoms with E-state index in [1.54, 1.807) is 0 Å². The lowest BCUT2D eigenvalue weighted by Gasteiger charge is -1.94. The van der Waals surface area contributed by atoms with Gasteiger partial charge in [0.15, 0.2) is 0 Å². The summed E-state index contributed by atoms with van der Waals surface area (Å²) in [6, 6.07) is 1.38. The number of nitrogens with zero attached hydrogens (tertiary/aromatic N) is 1. The molecule has 4 heteroatoms. The minimum absolute atomic E-state index is 0.314. The zero-order chi connectivity index (χ0) is 6.62. The Balaban J connectivity index is 3.75. The number of hydrogen-bond acceptors (Lipinski definition) is 1. The van der Waals surface area contributed by atoms with Gasteiger partial charge in [-0.15, -0.1) is 0 Å². The van der Waals surface area contributed by atoms with E-state index in [4.69, 9.17) is 5.26 Å². The molecule has 0 saturated heterocycles. The van der Waals surface area contributed by atoms with Crippen LogP contribution in [0.4, 0.5) is 8.78 Å². The van der Waals surface area contributed by atoms with Crippen molar-refractivity contribution in [3.8, 4) is 6.07 Å². The Kier molecular flexibility index (Phi) is 2.43. The van der Waals surface area contributed by atoms with Crippen molar-refractivity contribution in [3.63, 3.8) is 0 Å². The van der Waals surface area contributed by atoms with Crippen LogP contribution in [0.5, 0.6) is 0 Å². The maximum Gasteiger partial charge on any atom is 0.342 e. The minimum atomic E-state index is -3.38. The zero-order valence-electron chi connectivity index (χ0n) is 3.74. The first-order valence-electron chi connectivity index (χ1n) is 1.70. The first kappa shape index (κ1) is 7.38. The van der Waals surface area contributed by atoms with E-state index < -0.39 is 5.38 Å². The fourth-order valence-electron chi connectivity index (χ4n) is 0.132. The van der Waals surface area contributed by atoms with Gasteiger partial charge in [-0.25, -0.2) is 0 Å². The van der Waals surface area contributed by atoms with Gasteiger partial charge in [0.25, 0.3) is 0 Å². The van der Waals surface area contributed by atoms with Gasteiger partial charge in [0.1, 0.15) is 0 Å². The summed E-state index contributed by atoms with van der Waals surface area (Å²) < 4.78 is 22.9. The molecule has 0 unspecified atom stereocenters. The van der Waals surface area contributed by atoms with Gasteiger partial charge in [0.2, 0.25) is 0 Å². The van der Waals surface area contributed by atoms with Crippen LogP contribution >= 0.6 is 11.6 Å². The predicted molar refractivity (Wildman–Crippen MR) is 25.6 cm³/mol. The van der Waals surface area contributed by atoms with Gasteiger partial charge in [0, 0.05) is 12.2 Å². The quantitative estimate of drug-likeness (QED) is 0.400. The fraction of sp³-hybridized carbons (Fsp3) is 0.250. The number of allylic oxidation sites excluding steroid dienone is 2. The molecule has 0 saturated carbocycles. The Morgan fingerprint density at radius 1 is 1.62 bits per heavy atom. The maximum absolute atomic E-state index is 11.4. The van der Waals surface area contributed by atoms with Crippen molar-refractivity contribution < 1.29 is 8.78 Å². The summed E-state index contributed by atoms with van der Waals surface area (Å²) in [5.41, 5.74) is 0. The second-order valence-electron chi connectivity index (χ2n) is 1.00. The largest absolute Gasteiger partial charge is 0.342 e. The van der Waals surface area contributed by atoms with Crippen molar-refractivity contribution in [1.82, 2.24) is 0 Å². The second-order valence-corrected chi connectivity index (χ2v) is 1.51. The van der Waals surface area contributed by atoms with E-state index >= 15 is 0 Å². The molecule has 44 valence electrons. The Labute approximate surface area is 50.2 Å². The molecule has 8 heavy (non-hydrogen) atoms. The van der Waals surface area contributed by atoms with Crippen LogP contribution in [0.3, 0.4) is 0 Å². The van der Waals surface area contributed by atoms with Crippen molar-refractivity contribution >= 4 is 11.6 Å². The first-order chi connectivity index (χ1) is 3.56. The van der Waals surface area contributed by atoms with Crippen LogP contribution in [0, 0.1) is 11.3 Å². The summed E-state index contributed by atoms with van der Waals surface area (Å²) in [4.78, 5) is 0. The van der Waals surface area contributed by atoms with Crippen molar-refractivity contribution in [2.45, 2.75) is 5.38 Å². The van der Waals surface area contributed by atoms with E-state index in [2.05, 4.69) is 11.6 Å². The molecule has 0 N–H and O–H groups in total. The lowest BCUT2D eigenvalue weighted by molar-refractivity contribution is 0.153. The second kappa shape index (κ2) is 2.63. The highest BCUT2D eigenvalue weighted by atomic mass is 35.5. The van der Waals surface area contributed by atoms with E-state index in [0.29, 0.717) is 12.2 Å². The Morgan fingerprint density at radius 3 is 2.25 bits per heavy atom. The number of rotatable bonds is 1. The summed E-state index contributed by atoms with van der Waals surface area (Å²) in [6.45, 7) is 0. The molecule has 0 amide bonds. The van der Waals surface area contributed by atoms with Crippen molar-refractivity contribution in [3.05, 3.63) is 12.2 Å². The standard InChI is InChI=1S/C4H2ClF2N/c5-4(6,7)2-1-3-8/h1-2H. The average Bonchev–Trinajstić information content (AvgIpc) is 1.59. The van der Waals surface area contributed by atoms with E-state index in [-0.39, 0.29) is 0 Å². The summed E-state index contributed by atoms with van der Waals surface area (Å²) >= 11 is 4.34. The Morgan fingerprint density at radius 2 is 2.12 bits per heavy atom. The molecule has 0 aromatic rings. The van der Waals surface area contributed by atoms with Crippen molar-refractivity contribution in [2.24, 2.45) is 0 Å². The number of halogens is 3. The van der Waals surface area contributed by atoms with Gasteiger partial charge < -0.3 is 0 Å². The first-order valence-corrected chi connectivity index (χ1v) is 2.08. The van der Waals surface area contributed by atoms with E-state index in [9.17, 15) is 8.78 Å². The number of nitriles is 1. The van der Waals surface area contributed by atoms with Crippen molar-refractivity contribution in [2.75, 3.05) is 0 Å². The van der Waals surface area contributed by atoms with E-state index in [1.807, 2.05) is 0 Å². The molecule has 0 spiro atoms. The normalized spacial score (nSPS) is 11.8. The summed E-state index contributed by atoms with van der Waals surface area (Å²) in [5.74, 6) is 0. The molecule has 0 radical (unpaired) electrons. The highest BCUT2D eigenvalue weighted by Crippen LogP contribution is 2.19. The van der Waals surface area contributed by atoms with Gasteiger partial charge in [-0.1, -0.05) is 0 Å². The third-order valence-electron chi connectivity index (χ3n) is 0.347. The van der Waals surface area contributed by atoms with Gasteiger partial charge in [0.05, 0.1) is 6.07 Å². The summed E-state index contributed by atoms with van der Waals surface area (Å²) in [6.07, 6.45) is 0.946. The van der Waals surface area contributed by atoms with E-state index in [0.717, 1.165) is 0 Å². The van der Waals surface area contributed by atoms with Crippen LogP contribution in [0.15, 0.2) is 12.2 Å². The van der Waals surface area contributed by atoms with Gasteiger partial charge >= 0.3 is 5.38 Å². The molecule has 0 aromatic carbocycles. The zero-order valence-corrected chi connectivity index (χ0v) is 4.49. The van der Waals surface area contributed by atoms with E-state index in [1.165, 1.54) is 6.07 Å². The molecule has 0 aliphatic heterocycles. The van der Waals surface area contributed by atoms with Crippen LogP contribution in [-0.4, -0.2) is 5.38 Å². The van der Waals surface area contributed by atoms with Crippen LogP contribution in [0.2, 0.25) is 0 Å². The molecule has 0 aromatic heterocycles. The Hall–Kier alpha value is -0.620. The molecule has 0 heterocycles. The maximum atomic E-state index is 11.4. The van der Waals surface area contributed by atoms with Crippen LogP contribution in [0.1, 0.15) is 0 Å². The molecule has 0 rings (SSSR count). The molecule has 0 aliphatic carbocycles. The third-order valence-corrected chi connectivity index (χ3v) is 0.473. The number of hydrogen-bond donors (Lipinski definition) is 0. The fourth-order valence-corrected chi connectivity index (χ4v) is 0.195. The third kappa shape index (κ3) is 5.38. The molecule has 0 atom stereocenters. The smallest absolute Gasteiger partial charge is 0.193 e. The van der Waals surface area contributed by atoms with Crippen LogP contribution in [0.25, 0.3) is 0 Å². The monoisotopic (exact) mass is 137 g/mol. The lowest BCUT2D eigenvalue weighted by Crippen LogP contribution is -1.97. The molecule has 0 fully saturated rings. The topological polar surface area (TPSA) is 23.8 Å². The number of alkyl halides is 3. The highest BCUT2D eigenvalue weighted by molar-refractivity contribution is 6.22. The minimum Gasteiger partial charge on any atom is -0.193 e. The highest BCUT2D eigenvalue weighted by Gasteiger charge is 2.18. The summed E-state index contributed by atoms with van der Waals surface area (Å²) in [7, 11) is 0. The van der Waals surface area contributed by atoms with Gasteiger partial charge in [-0.2, -0.15) is 14.0 Å². The molecule has 0 bridgehead atoms. The Bertz CT molecular complexity index is 130. The van der Waals surface area contributed by atoms with Gasteiger partial charge in [-0.3, -0.25) is 0 Å². The molecular weight excluding hydrogens is 136 g/mol. The van der Waals surface area contributed by atoms with Crippen LogP contribution in [-0.2, 0) is 0 Å². The average molecular weight is 138 g/mol. The van der Waals surface area contributed by atoms with Gasteiger partial charge in [-0.05, 0) is 11.6 Å².